The maximum atomic E-state index is 12.7. The first-order valence-electron chi connectivity index (χ1n) is 9.07. The highest BCUT2D eigenvalue weighted by molar-refractivity contribution is 5.75. The lowest BCUT2D eigenvalue weighted by molar-refractivity contribution is 0.0224. The molecule has 0 aromatic heterocycles. The maximum absolute atomic E-state index is 12.7. The third-order valence-corrected chi connectivity index (χ3v) is 4.67. The van der Waals surface area contributed by atoms with Gasteiger partial charge in [0, 0.05) is 25.2 Å². The summed E-state index contributed by atoms with van der Waals surface area (Å²) >= 11 is 0. The zero-order chi connectivity index (χ0) is 18.0. The minimum absolute atomic E-state index is 0.0104. The van der Waals surface area contributed by atoms with Crippen molar-refractivity contribution in [1.82, 2.24) is 4.90 Å². The molecule has 6 heteroatoms. The normalized spacial score (nSPS) is 21.5. The molecule has 2 aliphatic heterocycles. The first-order valence-corrected chi connectivity index (χ1v) is 9.07. The van der Waals surface area contributed by atoms with Crippen molar-refractivity contribution in [3.05, 3.63) is 23.8 Å². The Hall–Kier alpha value is -1.95. The van der Waals surface area contributed by atoms with Crippen molar-refractivity contribution in [3.8, 4) is 0 Å². The monoisotopic (exact) mass is 347 g/mol. The summed E-state index contributed by atoms with van der Waals surface area (Å²) in [6, 6.07) is 6.01. The predicted molar refractivity (Wildman–Crippen MR) is 98.8 cm³/mol. The second-order valence-electron chi connectivity index (χ2n) is 7.72. The van der Waals surface area contributed by atoms with E-state index in [-0.39, 0.29) is 12.1 Å². The number of carbonyl (C=O) groups excluding carboxylic acids is 1. The van der Waals surface area contributed by atoms with Crippen LogP contribution in [0.25, 0.3) is 0 Å². The van der Waals surface area contributed by atoms with E-state index in [1.54, 1.807) is 0 Å². The number of hydrogen-bond acceptors (Lipinski definition) is 5. The number of para-hydroxylation sites is 1. The van der Waals surface area contributed by atoms with Crippen molar-refractivity contribution >= 4 is 17.5 Å². The Morgan fingerprint density at radius 3 is 2.64 bits per heavy atom. The van der Waals surface area contributed by atoms with E-state index in [0.29, 0.717) is 13.2 Å². The second kappa shape index (κ2) is 7.12. The lowest BCUT2D eigenvalue weighted by Gasteiger charge is -2.35. The molecule has 3 rings (SSSR count). The molecule has 2 saturated heterocycles. The number of hydrogen-bond donors (Lipinski definition) is 1. The molecule has 1 aromatic rings. The van der Waals surface area contributed by atoms with Crippen LogP contribution in [0.2, 0.25) is 0 Å². The van der Waals surface area contributed by atoms with Gasteiger partial charge in [-0.25, -0.2) is 4.79 Å². The standard InChI is InChI=1S/C19H29N3O3/c1-19(2,3)25-18(23)22-9-5-8-16(22)14-6-4-7-15(20)17(14)21-10-12-24-13-11-21/h4,6-7,16H,5,8-13,20H2,1-3H3/t16-/m0/s1. The van der Waals surface area contributed by atoms with Crippen LogP contribution < -0.4 is 10.6 Å². The van der Waals surface area contributed by atoms with E-state index < -0.39 is 5.60 Å². The van der Waals surface area contributed by atoms with E-state index >= 15 is 0 Å². The molecule has 0 aliphatic carbocycles. The summed E-state index contributed by atoms with van der Waals surface area (Å²) in [4.78, 5) is 16.8. The Labute approximate surface area is 149 Å². The van der Waals surface area contributed by atoms with Gasteiger partial charge in [0.05, 0.1) is 30.6 Å². The molecule has 1 amide bonds. The fourth-order valence-corrected chi connectivity index (χ4v) is 3.63. The van der Waals surface area contributed by atoms with E-state index in [0.717, 1.165) is 49.4 Å². The Kier molecular flexibility index (Phi) is 5.08. The topological polar surface area (TPSA) is 68.0 Å². The highest BCUT2D eigenvalue weighted by Gasteiger charge is 2.35. The molecule has 2 fully saturated rings. The van der Waals surface area contributed by atoms with Gasteiger partial charge >= 0.3 is 6.09 Å². The first kappa shape index (κ1) is 17.9. The largest absolute Gasteiger partial charge is 0.444 e. The van der Waals surface area contributed by atoms with Gasteiger partial charge in [0.25, 0.3) is 0 Å². The van der Waals surface area contributed by atoms with E-state index in [1.165, 1.54) is 0 Å². The summed E-state index contributed by atoms with van der Waals surface area (Å²) < 4.78 is 11.1. The van der Waals surface area contributed by atoms with E-state index in [4.69, 9.17) is 15.2 Å². The van der Waals surface area contributed by atoms with Crippen LogP contribution >= 0.6 is 0 Å². The molecular weight excluding hydrogens is 318 g/mol. The van der Waals surface area contributed by atoms with Crippen LogP contribution in [0.1, 0.15) is 45.2 Å². The molecule has 2 N–H and O–H groups in total. The third-order valence-electron chi connectivity index (χ3n) is 4.67. The van der Waals surface area contributed by atoms with E-state index in [1.807, 2.05) is 37.8 Å². The van der Waals surface area contributed by atoms with Crippen molar-refractivity contribution in [3.63, 3.8) is 0 Å². The Morgan fingerprint density at radius 1 is 1.24 bits per heavy atom. The van der Waals surface area contributed by atoms with Crippen molar-refractivity contribution in [2.45, 2.75) is 45.3 Å². The van der Waals surface area contributed by atoms with Crippen LogP contribution in [-0.4, -0.2) is 49.4 Å². The average Bonchev–Trinajstić information content (AvgIpc) is 3.03. The lowest BCUT2D eigenvalue weighted by atomic mass is 10.00. The predicted octanol–water partition coefficient (Wildman–Crippen LogP) is 3.18. The van der Waals surface area contributed by atoms with Crippen LogP contribution in [0.3, 0.4) is 0 Å². The molecule has 1 atom stereocenters. The number of amides is 1. The molecule has 138 valence electrons. The van der Waals surface area contributed by atoms with E-state index in [9.17, 15) is 4.79 Å². The fourth-order valence-electron chi connectivity index (χ4n) is 3.63. The Morgan fingerprint density at radius 2 is 1.96 bits per heavy atom. The summed E-state index contributed by atoms with van der Waals surface area (Å²) in [5.74, 6) is 0. The van der Waals surface area contributed by atoms with Gasteiger partial charge in [-0.15, -0.1) is 0 Å². The van der Waals surface area contributed by atoms with Gasteiger partial charge in [-0.1, -0.05) is 12.1 Å². The van der Waals surface area contributed by atoms with Crippen molar-refractivity contribution in [1.29, 1.82) is 0 Å². The first-order chi connectivity index (χ1) is 11.9. The number of rotatable bonds is 2. The highest BCUT2D eigenvalue weighted by Crippen LogP contribution is 2.40. The molecule has 0 saturated carbocycles. The van der Waals surface area contributed by atoms with Crippen molar-refractivity contribution in [2.75, 3.05) is 43.5 Å². The lowest BCUT2D eigenvalue weighted by Crippen LogP contribution is -2.39. The Bertz CT molecular complexity index is 621. The minimum Gasteiger partial charge on any atom is -0.444 e. The number of carbonyl (C=O) groups is 1. The number of nitrogens with zero attached hydrogens (tertiary/aromatic N) is 2. The molecule has 0 radical (unpaired) electrons. The summed E-state index contributed by atoms with van der Waals surface area (Å²) in [5, 5.41) is 0. The van der Waals surface area contributed by atoms with Gasteiger partial charge in [-0.2, -0.15) is 0 Å². The van der Waals surface area contributed by atoms with Crippen LogP contribution in [0, 0.1) is 0 Å². The number of nitrogens with two attached hydrogens (primary N) is 1. The maximum Gasteiger partial charge on any atom is 0.410 e. The highest BCUT2D eigenvalue weighted by atomic mass is 16.6. The quantitative estimate of drug-likeness (QED) is 0.832. The number of anilines is 2. The SMILES string of the molecule is CC(C)(C)OC(=O)N1CCC[C@H]1c1cccc(N)c1N1CCOCC1. The molecule has 6 nitrogen and oxygen atoms in total. The molecular formula is C19H29N3O3. The third kappa shape index (κ3) is 4.00. The van der Waals surface area contributed by atoms with Gasteiger partial charge in [-0.05, 0) is 39.7 Å². The van der Waals surface area contributed by atoms with Crippen LogP contribution in [-0.2, 0) is 9.47 Å². The number of likely N-dealkylation sites (tertiary alicyclic amines) is 1. The number of nitrogen functional groups attached to an aromatic ring is 1. The average molecular weight is 347 g/mol. The fraction of sp³-hybridized carbons (Fsp3) is 0.632. The molecule has 25 heavy (non-hydrogen) atoms. The molecule has 2 aliphatic rings. The van der Waals surface area contributed by atoms with Crippen molar-refractivity contribution in [2.24, 2.45) is 0 Å². The van der Waals surface area contributed by atoms with Gasteiger partial charge in [0.15, 0.2) is 0 Å². The molecule has 0 unspecified atom stereocenters. The smallest absolute Gasteiger partial charge is 0.410 e. The van der Waals surface area contributed by atoms with Gasteiger partial charge in [0.1, 0.15) is 5.60 Å². The zero-order valence-corrected chi connectivity index (χ0v) is 15.5. The van der Waals surface area contributed by atoms with E-state index in [2.05, 4.69) is 11.0 Å². The molecule has 0 bridgehead atoms. The van der Waals surface area contributed by atoms with Gasteiger partial charge in [-0.3, -0.25) is 0 Å². The molecule has 2 heterocycles. The van der Waals surface area contributed by atoms with Crippen LogP contribution in [0.15, 0.2) is 18.2 Å². The molecule has 1 aromatic carbocycles. The summed E-state index contributed by atoms with van der Waals surface area (Å²) in [5.41, 5.74) is 8.76. The zero-order valence-electron chi connectivity index (χ0n) is 15.5. The minimum atomic E-state index is -0.493. The van der Waals surface area contributed by atoms with Gasteiger partial charge < -0.3 is 25.0 Å². The summed E-state index contributed by atoms with van der Waals surface area (Å²) in [6.45, 7) is 9.46. The molecule has 0 spiro atoms. The summed E-state index contributed by atoms with van der Waals surface area (Å²) in [6.07, 6.45) is 1.66. The second-order valence-corrected chi connectivity index (χ2v) is 7.72. The number of morpholine rings is 1. The van der Waals surface area contributed by atoms with Crippen molar-refractivity contribution < 1.29 is 14.3 Å². The Balaban J connectivity index is 1.89. The van der Waals surface area contributed by atoms with Gasteiger partial charge in [0.2, 0.25) is 0 Å². The number of ether oxygens (including phenoxy) is 2. The summed E-state index contributed by atoms with van der Waals surface area (Å²) in [7, 11) is 0. The van der Waals surface area contributed by atoms with Crippen LogP contribution in [0.5, 0.6) is 0 Å². The van der Waals surface area contributed by atoms with Crippen LogP contribution in [0.4, 0.5) is 16.2 Å². The number of benzene rings is 1.